The van der Waals surface area contributed by atoms with Gasteiger partial charge in [-0.1, -0.05) is 0 Å². The van der Waals surface area contributed by atoms with E-state index in [1.165, 1.54) is 11.2 Å². The first-order chi connectivity index (χ1) is 14.3. The predicted molar refractivity (Wildman–Crippen MR) is 112 cm³/mol. The molecule has 0 unspecified atom stereocenters. The fourth-order valence-electron chi connectivity index (χ4n) is 4.78. The summed E-state index contributed by atoms with van der Waals surface area (Å²) in [6.07, 6.45) is 1.72. The SMILES string of the molecule is CC(=O)N1c2ccc(S(=O)(=O)N3CCC(C(=O)N4CCOCC4)CC3)cc2C[C@H]1C. The van der Waals surface area contributed by atoms with Gasteiger partial charge < -0.3 is 14.5 Å². The molecule has 9 heteroatoms. The molecule has 0 N–H and O–H groups in total. The molecule has 2 fully saturated rings. The van der Waals surface area contributed by atoms with Crippen LogP contribution in [0.3, 0.4) is 0 Å². The number of hydrogen-bond acceptors (Lipinski definition) is 5. The van der Waals surface area contributed by atoms with Crippen molar-refractivity contribution in [2.75, 3.05) is 44.3 Å². The number of sulfonamides is 1. The number of ether oxygens (including phenoxy) is 1. The second-order valence-electron chi connectivity index (χ2n) is 8.35. The molecular weight excluding hydrogens is 406 g/mol. The van der Waals surface area contributed by atoms with Gasteiger partial charge in [0.05, 0.1) is 18.1 Å². The molecular formula is C21H29N3O5S. The first-order valence-electron chi connectivity index (χ1n) is 10.6. The molecule has 30 heavy (non-hydrogen) atoms. The Kier molecular flexibility index (Phi) is 5.87. The second-order valence-corrected chi connectivity index (χ2v) is 10.3. The molecule has 3 heterocycles. The molecule has 0 radical (unpaired) electrons. The highest BCUT2D eigenvalue weighted by atomic mass is 32.2. The Labute approximate surface area is 177 Å². The molecule has 164 valence electrons. The Bertz CT molecular complexity index is 934. The molecule has 0 bridgehead atoms. The number of morpholine rings is 1. The minimum Gasteiger partial charge on any atom is -0.378 e. The average molecular weight is 436 g/mol. The zero-order valence-electron chi connectivity index (χ0n) is 17.5. The molecule has 0 saturated carbocycles. The highest BCUT2D eigenvalue weighted by Crippen LogP contribution is 2.35. The number of rotatable bonds is 3. The third-order valence-corrected chi connectivity index (χ3v) is 8.26. The van der Waals surface area contributed by atoms with Gasteiger partial charge in [0.25, 0.3) is 0 Å². The molecule has 2 amide bonds. The first-order valence-corrected chi connectivity index (χ1v) is 12.0. The number of amides is 2. The average Bonchev–Trinajstić information content (AvgIpc) is 3.09. The molecule has 3 aliphatic heterocycles. The van der Waals surface area contributed by atoms with E-state index in [0.29, 0.717) is 58.7 Å². The van der Waals surface area contributed by atoms with Crippen LogP contribution in [0.1, 0.15) is 32.3 Å². The van der Waals surface area contributed by atoms with Gasteiger partial charge in [-0.05, 0) is 49.9 Å². The van der Waals surface area contributed by atoms with Gasteiger partial charge >= 0.3 is 0 Å². The van der Waals surface area contributed by atoms with Crippen molar-refractivity contribution in [1.82, 2.24) is 9.21 Å². The number of nitrogens with zero attached hydrogens (tertiary/aromatic N) is 3. The summed E-state index contributed by atoms with van der Waals surface area (Å²) in [6, 6.07) is 5.06. The van der Waals surface area contributed by atoms with E-state index in [4.69, 9.17) is 4.74 Å². The van der Waals surface area contributed by atoms with Crippen molar-refractivity contribution in [2.45, 2.75) is 44.0 Å². The van der Waals surface area contributed by atoms with Crippen molar-refractivity contribution in [2.24, 2.45) is 5.92 Å². The summed E-state index contributed by atoms with van der Waals surface area (Å²) >= 11 is 0. The lowest BCUT2D eigenvalue weighted by atomic mass is 9.96. The minimum atomic E-state index is -3.63. The summed E-state index contributed by atoms with van der Waals surface area (Å²) in [5.74, 6) is -0.0467. The van der Waals surface area contributed by atoms with Crippen molar-refractivity contribution in [3.05, 3.63) is 23.8 Å². The quantitative estimate of drug-likeness (QED) is 0.713. The van der Waals surface area contributed by atoms with E-state index in [1.807, 2.05) is 11.8 Å². The van der Waals surface area contributed by atoms with E-state index in [0.717, 1.165) is 11.3 Å². The fraction of sp³-hybridized carbons (Fsp3) is 0.619. The molecule has 1 atom stereocenters. The molecule has 4 rings (SSSR count). The maximum absolute atomic E-state index is 13.2. The lowest BCUT2D eigenvalue weighted by Crippen LogP contribution is -2.47. The Morgan fingerprint density at radius 1 is 1.07 bits per heavy atom. The molecule has 2 saturated heterocycles. The van der Waals surface area contributed by atoms with Gasteiger partial charge in [-0.2, -0.15) is 4.31 Å². The summed E-state index contributed by atoms with van der Waals surface area (Å²) < 4.78 is 33.2. The number of piperidine rings is 1. The summed E-state index contributed by atoms with van der Waals surface area (Å²) in [5.41, 5.74) is 1.68. The van der Waals surface area contributed by atoms with Crippen LogP contribution in [-0.4, -0.2) is 74.9 Å². The molecule has 0 aliphatic carbocycles. The topological polar surface area (TPSA) is 87.2 Å². The molecule has 3 aliphatic rings. The Hall–Kier alpha value is -1.97. The summed E-state index contributed by atoms with van der Waals surface area (Å²) in [4.78, 5) is 28.4. The predicted octanol–water partition coefficient (Wildman–Crippen LogP) is 1.24. The molecule has 0 aromatic heterocycles. The van der Waals surface area contributed by atoms with Crippen molar-refractivity contribution in [3.63, 3.8) is 0 Å². The van der Waals surface area contributed by atoms with Crippen LogP contribution in [0, 0.1) is 5.92 Å². The Balaban J connectivity index is 1.45. The zero-order chi connectivity index (χ0) is 21.5. The van der Waals surface area contributed by atoms with Gasteiger partial charge in [-0.25, -0.2) is 8.42 Å². The van der Waals surface area contributed by atoms with Crippen molar-refractivity contribution in [1.29, 1.82) is 0 Å². The van der Waals surface area contributed by atoms with Gasteiger partial charge in [0.2, 0.25) is 21.8 Å². The Morgan fingerprint density at radius 2 is 1.73 bits per heavy atom. The number of benzene rings is 1. The fourth-order valence-corrected chi connectivity index (χ4v) is 6.30. The highest BCUT2D eigenvalue weighted by molar-refractivity contribution is 7.89. The van der Waals surface area contributed by atoms with Crippen LogP contribution in [0.4, 0.5) is 5.69 Å². The van der Waals surface area contributed by atoms with E-state index in [-0.39, 0.29) is 28.7 Å². The highest BCUT2D eigenvalue weighted by Gasteiger charge is 2.35. The van der Waals surface area contributed by atoms with E-state index in [1.54, 1.807) is 23.1 Å². The van der Waals surface area contributed by atoms with Crippen LogP contribution in [0.25, 0.3) is 0 Å². The van der Waals surface area contributed by atoms with Gasteiger partial charge in [0.15, 0.2) is 0 Å². The largest absolute Gasteiger partial charge is 0.378 e. The number of anilines is 1. The summed E-state index contributed by atoms with van der Waals surface area (Å²) in [6.45, 7) is 6.54. The molecule has 0 spiro atoms. The lowest BCUT2D eigenvalue weighted by Gasteiger charge is -2.35. The van der Waals surface area contributed by atoms with Gasteiger partial charge in [-0.15, -0.1) is 0 Å². The molecule has 8 nitrogen and oxygen atoms in total. The van der Waals surface area contributed by atoms with E-state index in [9.17, 15) is 18.0 Å². The zero-order valence-corrected chi connectivity index (χ0v) is 18.4. The molecule has 1 aromatic rings. The van der Waals surface area contributed by atoms with E-state index in [2.05, 4.69) is 0 Å². The number of carbonyl (C=O) groups is 2. The lowest BCUT2D eigenvalue weighted by molar-refractivity contribution is -0.140. The van der Waals surface area contributed by atoms with Crippen molar-refractivity contribution >= 4 is 27.5 Å². The molecule has 1 aromatic carbocycles. The summed E-state index contributed by atoms with van der Waals surface area (Å²) in [7, 11) is -3.63. The van der Waals surface area contributed by atoms with E-state index < -0.39 is 10.0 Å². The maximum atomic E-state index is 13.2. The number of carbonyl (C=O) groups excluding carboxylic acids is 2. The van der Waals surface area contributed by atoms with Crippen molar-refractivity contribution < 1.29 is 22.7 Å². The number of hydrogen-bond donors (Lipinski definition) is 0. The van der Waals surface area contributed by atoms with Gasteiger partial charge in [0.1, 0.15) is 0 Å². The third-order valence-electron chi connectivity index (χ3n) is 6.37. The van der Waals surface area contributed by atoms with Gasteiger partial charge in [-0.3, -0.25) is 9.59 Å². The normalized spacial score (nSPS) is 23.5. The van der Waals surface area contributed by atoms with Crippen LogP contribution in [0.5, 0.6) is 0 Å². The van der Waals surface area contributed by atoms with Crippen LogP contribution in [-0.2, 0) is 30.8 Å². The van der Waals surface area contributed by atoms with Crippen molar-refractivity contribution in [3.8, 4) is 0 Å². The smallest absolute Gasteiger partial charge is 0.243 e. The van der Waals surface area contributed by atoms with E-state index >= 15 is 0 Å². The third kappa shape index (κ3) is 3.86. The summed E-state index contributed by atoms with van der Waals surface area (Å²) in [5, 5.41) is 0. The Morgan fingerprint density at radius 3 is 2.37 bits per heavy atom. The van der Waals surface area contributed by atoms with Crippen LogP contribution >= 0.6 is 0 Å². The minimum absolute atomic E-state index is 0.0254. The first kappa shape index (κ1) is 21.3. The van der Waals surface area contributed by atoms with Gasteiger partial charge in [0, 0.05) is 50.7 Å². The number of fused-ring (bicyclic) bond motifs is 1. The second kappa shape index (κ2) is 8.28. The maximum Gasteiger partial charge on any atom is 0.243 e. The monoisotopic (exact) mass is 435 g/mol. The standard InChI is InChI=1S/C21H29N3O5S/c1-15-13-18-14-19(3-4-20(18)24(15)16(2)25)30(27,28)23-7-5-17(6-8-23)21(26)22-9-11-29-12-10-22/h3-4,14-15,17H,5-13H2,1-2H3/t15-/m1/s1. The van der Waals surface area contributed by atoms with Crippen LogP contribution < -0.4 is 4.90 Å². The van der Waals surface area contributed by atoms with Crippen LogP contribution in [0.15, 0.2) is 23.1 Å². The van der Waals surface area contributed by atoms with Crippen LogP contribution in [0.2, 0.25) is 0 Å².